The number of benzene rings is 1. The number of carbonyl (C=O) groups excluding carboxylic acids is 2. The van der Waals surface area contributed by atoms with E-state index in [1.807, 2.05) is 0 Å². The first kappa shape index (κ1) is 18.8. The van der Waals surface area contributed by atoms with Crippen LogP contribution in [0.4, 0.5) is 0 Å². The smallest absolute Gasteiger partial charge is 0.224 e. The van der Waals surface area contributed by atoms with Crippen LogP contribution in [0.15, 0.2) is 18.2 Å². The topological polar surface area (TPSA) is 125 Å². The second-order valence-corrected chi connectivity index (χ2v) is 5.29. The molecule has 0 atom stereocenters. The van der Waals surface area contributed by atoms with Crippen LogP contribution in [-0.4, -0.2) is 41.7 Å². The van der Waals surface area contributed by atoms with Crippen molar-refractivity contribution in [3.8, 4) is 11.5 Å². The van der Waals surface area contributed by atoms with Crippen molar-refractivity contribution in [3.05, 3.63) is 23.8 Å². The van der Waals surface area contributed by atoms with Gasteiger partial charge in [-0.25, -0.2) is 0 Å². The SMILES string of the molecule is NCCC(=O)NCCCCCNC(=O)Cc1ccc(O)cc1O. The molecule has 0 radical (unpaired) electrons. The van der Waals surface area contributed by atoms with Gasteiger partial charge in [-0.3, -0.25) is 9.59 Å². The van der Waals surface area contributed by atoms with Gasteiger partial charge in [-0.1, -0.05) is 6.07 Å². The Morgan fingerprint density at radius 1 is 1.00 bits per heavy atom. The van der Waals surface area contributed by atoms with Crippen LogP contribution in [0.1, 0.15) is 31.2 Å². The molecule has 0 aliphatic rings. The fourth-order valence-electron chi connectivity index (χ4n) is 2.04. The third-order valence-corrected chi connectivity index (χ3v) is 3.29. The maximum absolute atomic E-state index is 11.7. The molecule has 6 N–H and O–H groups in total. The van der Waals surface area contributed by atoms with E-state index >= 15 is 0 Å². The van der Waals surface area contributed by atoms with Gasteiger partial charge in [-0.05, 0) is 25.3 Å². The Labute approximate surface area is 135 Å². The molecular formula is C16H25N3O4. The maximum atomic E-state index is 11.7. The minimum atomic E-state index is -0.178. The molecule has 0 bridgehead atoms. The predicted octanol–water partition coefficient (Wildman–Crippen LogP) is 0.392. The summed E-state index contributed by atoms with van der Waals surface area (Å²) in [6.45, 7) is 1.52. The number of unbranched alkanes of at least 4 members (excludes halogenated alkanes) is 2. The van der Waals surface area contributed by atoms with Crippen molar-refractivity contribution in [1.82, 2.24) is 10.6 Å². The van der Waals surface area contributed by atoms with E-state index in [2.05, 4.69) is 10.6 Å². The van der Waals surface area contributed by atoms with Crippen LogP contribution in [0.25, 0.3) is 0 Å². The van der Waals surface area contributed by atoms with E-state index in [0.717, 1.165) is 19.3 Å². The van der Waals surface area contributed by atoms with Gasteiger partial charge in [0.15, 0.2) is 0 Å². The van der Waals surface area contributed by atoms with Crippen molar-refractivity contribution in [2.75, 3.05) is 19.6 Å². The van der Waals surface area contributed by atoms with E-state index in [-0.39, 0.29) is 29.7 Å². The van der Waals surface area contributed by atoms with E-state index in [1.165, 1.54) is 18.2 Å². The number of aromatic hydroxyl groups is 2. The van der Waals surface area contributed by atoms with Gasteiger partial charge in [0.25, 0.3) is 0 Å². The van der Waals surface area contributed by atoms with Crippen molar-refractivity contribution in [1.29, 1.82) is 0 Å². The third-order valence-electron chi connectivity index (χ3n) is 3.29. The monoisotopic (exact) mass is 323 g/mol. The number of nitrogens with one attached hydrogen (secondary N) is 2. The molecule has 23 heavy (non-hydrogen) atoms. The molecular weight excluding hydrogens is 298 g/mol. The lowest BCUT2D eigenvalue weighted by Gasteiger charge is -2.07. The molecule has 1 rings (SSSR count). The molecule has 0 saturated heterocycles. The highest BCUT2D eigenvalue weighted by molar-refractivity contribution is 5.79. The number of nitrogens with two attached hydrogens (primary N) is 1. The van der Waals surface area contributed by atoms with Gasteiger partial charge in [-0.2, -0.15) is 0 Å². The Morgan fingerprint density at radius 3 is 2.26 bits per heavy atom. The van der Waals surface area contributed by atoms with E-state index in [4.69, 9.17) is 5.73 Å². The highest BCUT2D eigenvalue weighted by Gasteiger charge is 2.07. The molecule has 7 nitrogen and oxygen atoms in total. The fourth-order valence-corrected chi connectivity index (χ4v) is 2.04. The average molecular weight is 323 g/mol. The number of phenolic OH excluding ortho intramolecular Hbond substituents is 2. The fraction of sp³-hybridized carbons (Fsp3) is 0.500. The Morgan fingerprint density at radius 2 is 1.65 bits per heavy atom. The predicted molar refractivity (Wildman–Crippen MR) is 87.0 cm³/mol. The van der Waals surface area contributed by atoms with E-state index in [9.17, 15) is 19.8 Å². The van der Waals surface area contributed by atoms with Gasteiger partial charge < -0.3 is 26.6 Å². The summed E-state index contributed by atoms with van der Waals surface area (Å²) in [6, 6.07) is 4.16. The molecule has 0 aliphatic carbocycles. The summed E-state index contributed by atoms with van der Waals surface area (Å²) >= 11 is 0. The zero-order chi connectivity index (χ0) is 17.1. The highest BCUT2D eigenvalue weighted by atomic mass is 16.3. The van der Waals surface area contributed by atoms with Gasteiger partial charge >= 0.3 is 0 Å². The molecule has 0 unspecified atom stereocenters. The van der Waals surface area contributed by atoms with Gasteiger partial charge in [0, 0.05) is 37.7 Å². The second-order valence-electron chi connectivity index (χ2n) is 5.29. The van der Waals surface area contributed by atoms with Crippen LogP contribution >= 0.6 is 0 Å². The first-order valence-electron chi connectivity index (χ1n) is 7.77. The number of carbonyl (C=O) groups is 2. The molecule has 0 aliphatic heterocycles. The average Bonchev–Trinajstić information content (AvgIpc) is 2.49. The minimum absolute atomic E-state index is 0.0329. The van der Waals surface area contributed by atoms with Crippen molar-refractivity contribution < 1.29 is 19.8 Å². The van der Waals surface area contributed by atoms with E-state index in [1.54, 1.807) is 0 Å². The van der Waals surface area contributed by atoms with Crippen LogP contribution in [0.3, 0.4) is 0 Å². The lowest BCUT2D eigenvalue weighted by atomic mass is 10.1. The van der Waals surface area contributed by atoms with Gasteiger partial charge in [0.1, 0.15) is 11.5 Å². The van der Waals surface area contributed by atoms with Crippen molar-refractivity contribution in [2.24, 2.45) is 5.73 Å². The number of hydrogen-bond donors (Lipinski definition) is 5. The third kappa shape index (κ3) is 8.06. The number of rotatable bonds is 10. The van der Waals surface area contributed by atoms with Crippen LogP contribution < -0.4 is 16.4 Å². The van der Waals surface area contributed by atoms with Crippen LogP contribution in [0, 0.1) is 0 Å². The second kappa shape index (κ2) is 10.4. The first-order chi connectivity index (χ1) is 11.0. The summed E-state index contributed by atoms with van der Waals surface area (Å²) in [7, 11) is 0. The zero-order valence-corrected chi connectivity index (χ0v) is 13.2. The van der Waals surface area contributed by atoms with Gasteiger partial charge in [0.2, 0.25) is 11.8 Å². The Kier molecular flexibility index (Phi) is 8.52. The Bertz CT molecular complexity index is 520. The van der Waals surface area contributed by atoms with Crippen LogP contribution in [0.5, 0.6) is 11.5 Å². The highest BCUT2D eigenvalue weighted by Crippen LogP contribution is 2.22. The molecule has 0 fully saturated rings. The maximum Gasteiger partial charge on any atom is 0.224 e. The molecule has 128 valence electrons. The normalized spacial score (nSPS) is 10.3. The lowest BCUT2D eigenvalue weighted by molar-refractivity contribution is -0.121. The summed E-state index contributed by atoms with van der Waals surface area (Å²) in [6.07, 6.45) is 2.99. The quantitative estimate of drug-likeness (QED) is 0.398. The summed E-state index contributed by atoms with van der Waals surface area (Å²) in [5.74, 6) is -0.338. The van der Waals surface area contributed by atoms with Crippen LogP contribution in [-0.2, 0) is 16.0 Å². The first-order valence-corrected chi connectivity index (χ1v) is 7.77. The van der Waals surface area contributed by atoms with Gasteiger partial charge in [0.05, 0.1) is 6.42 Å². The summed E-state index contributed by atoms with van der Waals surface area (Å²) in [5.41, 5.74) is 5.75. The standard InChI is InChI=1S/C16H25N3O4/c17-7-6-15(22)18-8-2-1-3-9-19-16(23)10-12-4-5-13(20)11-14(12)21/h4-5,11,20-21H,1-3,6-10,17H2,(H,18,22)(H,19,23). The molecule has 1 aromatic rings. The molecule has 7 heteroatoms. The van der Waals surface area contributed by atoms with E-state index < -0.39 is 0 Å². The van der Waals surface area contributed by atoms with Crippen molar-refractivity contribution in [3.63, 3.8) is 0 Å². The summed E-state index contributed by atoms with van der Waals surface area (Å²) in [5, 5.41) is 24.3. The number of phenols is 2. The largest absolute Gasteiger partial charge is 0.508 e. The Hall–Kier alpha value is -2.28. The Balaban J connectivity index is 2.09. The molecule has 1 aromatic carbocycles. The number of hydrogen-bond acceptors (Lipinski definition) is 5. The van der Waals surface area contributed by atoms with Crippen molar-refractivity contribution >= 4 is 11.8 Å². The van der Waals surface area contributed by atoms with Crippen LogP contribution in [0.2, 0.25) is 0 Å². The zero-order valence-electron chi connectivity index (χ0n) is 13.2. The molecule has 0 heterocycles. The van der Waals surface area contributed by atoms with Gasteiger partial charge in [-0.15, -0.1) is 0 Å². The summed E-state index contributed by atoms with van der Waals surface area (Å²) in [4.78, 5) is 22.9. The molecule has 0 spiro atoms. The molecule has 2 amide bonds. The van der Waals surface area contributed by atoms with E-state index in [0.29, 0.717) is 31.6 Å². The minimum Gasteiger partial charge on any atom is -0.508 e. The molecule has 0 aromatic heterocycles. The van der Waals surface area contributed by atoms with Crippen molar-refractivity contribution in [2.45, 2.75) is 32.1 Å². The summed E-state index contributed by atoms with van der Waals surface area (Å²) < 4.78 is 0. The lowest BCUT2D eigenvalue weighted by Crippen LogP contribution is -2.27. The molecule has 0 saturated carbocycles. The number of amides is 2.